The number of hydrogen-bond donors (Lipinski definition) is 1. The van der Waals surface area contributed by atoms with Gasteiger partial charge in [-0.25, -0.2) is 0 Å². The van der Waals surface area contributed by atoms with Crippen molar-refractivity contribution in [3.8, 4) is 0 Å². The molecule has 90 valence electrons. The summed E-state index contributed by atoms with van der Waals surface area (Å²) in [5.74, 6) is -1.05. The smallest absolute Gasteiger partial charge is 0.319 e. The number of hydrogen-bond acceptors (Lipinski definition) is 2. The van der Waals surface area contributed by atoms with Crippen LogP contribution in [0.1, 0.15) is 44.9 Å². The van der Waals surface area contributed by atoms with Crippen LogP contribution in [0.4, 0.5) is 0 Å². The van der Waals surface area contributed by atoms with E-state index >= 15 is 0 Å². The van der Waals surface area contributed by atoms with Crippen LogP contribution in [0.25, 0.3) is 0 Å². The van der Waals surface area contributed by atoms with Gasteiger partial charge in [0.1, 0.15) is 5.41 Å². The van der Waals surface area contributed by atoms with Gasteiger partial charge < -0.3 is 10.0 Å². The van der Waals surface area contributed by atoms with Crippen molar-refractivity contribution in [2.24, 2.45) is 5.41 Å². The lowest BCUT2D eigenvalue weighted by atomic mass is 9.67. The van der Waals surface area contributed by atoms with Gasteiger partial charge in [-0.1, -0.05) is 19.3 Å². The Labute approximate surface area is 95.6 Å². The molecule has 1 heterocycles. The molecule has 1 saturated carbocycles. The number of carboxylic acid groups (broad SMARTS) is 1. The van der Waals surface area contributed by atoms with Crippen molar-refractivity contribution in [2.45, 2.75) is 44.9 Å². The normalized spacial score (nSPS) is 24.4. The fraction of sp³-hybridized carbons (Fsp3) is 0.833. The second kappa shape index (κ2) is 4.44. The lowest BCUT2D eigenvalue weighted by Crippen LogP contribution is -2.52. The van der Waals surface area contributed by atoms with Gasteiger partial charge >= 0.3 is 5.97 Å². The third-order valence-corrected chi connectivity index (χ3v) is 3.92. The number of nitrogens with zero attached hydrogens (tertiary/aromatic N) is 1. The Hall–Kier alpha value is -1.06. The molecular formula is C12H19NO3. The van der Waals surface area contributed by atoms with Crippen molar-refractivity contribution in [1.82, 2.24) is 4.90 Å². The van der Waals surface area contributed by atoms with Crippen molar-refractivity contribution in [3.63, 3.8) is 0 Å². The average Bonchev–Trinajstić information content (AvgIpc) is 2.42. The summed E-state index contributed by atoms with van der Waals surface area (Å²) < 4.78 is 0. The lowest BCUT2D eigenvalue weighted by Gasteiger charge is -2.39. The van der Waals surface area contributed by atoms with Gasteiger partial charge in [-0.15, -0.1) is 0 Å². The molecule has 1 N–H and O–H groups in total. The molecule has 4 nitrogen and oxygen atoms in total. The zero-order valence-corrected chi connectivity index (χ0v) is 9.57. The number of aliphatic carboxylic acids is 1. The quantitative estimate of drug-likeness (QED) is 0.727. The third kappa shape index (κ3) is 1.81. The van der Waals surface area contributed by atoms with E-state index in [-0.39, 0.29) is 5.91 Å². The fourth-order valence-corrected chi connectivity index (χ4v) is 2.63. The minimum Gasteiger partial charge on any atom is -0.480 e. The van der Waals surface area contributed by atoms with Crippen molar-refractivity contribution in [2.75, 3.05) is 13.1 Å². The van der Waals surface area contributed by atoms with E-state index in [1.54, 1.807) is 4.90 Å². The van der Waals surface area contributed by atoms with Gasteiger partial charge in [0.15, 0.2) is 0 Å². The first-order chi connectivity index (χ1) is 7.67. The highest BCUT2D eigenvalue weighted by molar-refractivity contribution is 6.02. The van der Waals surface area contributed by atoms with E-state index in [9.17, 15) is 14.7 Å². The number of carbonyl (C=O) groups is 2. The average molecular weight is 225 g/mol. The highest BCUT2D eigenvalue weighted by Crippen LogP contribution is 2.43. The second-order valence-electron chi connectivity index (χ2n) is 4.95. The van der Waals surface area contributed by atoms with E-state index in [1.165, 1.54) is 0 Å². The van der Waals surface area contributed by atoms with Crippen LogP contribution in [0.2, 0.25) is 0 Å². The summed E-state index contributed by atoms with van der Waals surface area (Å²) in [4.78, 5) is 25.2. The highest BCUT2D eigenvalue weighted by Gasteiger charge is 2.52. The Balaban J connectivity index is 2.07. The summed E-state index contributed by atoms with van der Waals surface area (Å²) in [7, 11) is 0. The summed E-state index contributed by atoms with van der Waals surface area (Å²) in [6.07, 6.45) is 6.26. The maximum absolute atomic E-state index is 12.2. The van der Waals surface area contributed by atoms with Crippen molar-refractivity contribution in [1.29, 1.82) is 0 Å². The van der Waals surface area contributed by atoms with E-state index in [4.69, 9.17) is 0 Å². The van der Waals surface area contributed by atoms with E-state index < -0.39 is 11.4 Å². The van der Waals surface area contributed by atoms with Gasteiger partial charge in [0, 0.05) is 13.1 Å². The number of likely N-dealkylation sites (tertiary alicyclic amines) is 1. The van der Waals surface area contributed by atoms with Crippen LogP contribution in [0, 0.1) is 5.41 Å². The molecule has 16 heavy (non-hydrogen) atoms. The topological polar surface area (TPSA) is 57.6 Å². The number of carboxylic acids is 1. The van der Waals surface area contributed by atoms with Crippen molar-refractivity contribution in [3.05, 3.63) is 0 Å². The fourth-order valence-electron chi connectivity index (χ4n) is 2.63. The highest BCUT2D eigenvalue weighted by atomic mass is 16.4. The molecule has 4 heteroatoms. The Morgan fingerprint density at radius 1 is 0.938 bits per heavy atom. The van der Waals surface area contributed by atoms with Crippen molar-refractivity contribution >= 4 is 11.9 Å². The number of amides is 1. The van der Waals surface area contributed by atoms with Crippen molar-refractivity contribution < 1.29 is 14.7 Å². The molecule has 0 radical (unpaired) electrons. The van der Waals surface area contributed by atoms with Gasteiger partial charge in [-0.3, -0.25) is 9.59 Å². The van der Waals surface area contributed by atoms with E-state index in [2.05, 4.69) is 0 Å². The first-order valence-corrected chi connectivity index (χ1v) is 6.20. The van der Waals surface area contributed by atoms with Gasteiger partial charge in [0.2, 0.25) is 5.91 Å². The van der Waals surface area contributed by atoms with E-state index in [0.717, 1.165) is 45.2 Å². The zero-order valence-electron chi connectivity index (χ0n) is 9.57. The first kappa shape index (κ1) is 11.4. The summed E-state index contributed by atoms with van der Waals surface area (Å²) >= 11 is 0. The van der Waals surface area contributed by atoms with Crippen LogP contribution >= 0.6 is 0 Å². The largest absolute Gasteiger partial charge is 0.480 e. The number of carbonyl (C=O) groups excluding carboxylic acids is 1. The monoisotopic (exact) mass is 225 g/mol. The summed E-state index contributed by atoms with van der Waals surface area (Å²) in [6, 6.07) is 0. The van der Waals surface area contributed by atoms with Crippen LogP contribution in [0.15, 0.2) is 0 Å². The maximum atomic E-state index is 12.2. The molecule has 0 aromatic rings. The molecule has 0 spiro atoms. The molecule has 2 rings (SSSR count). The lowest BCUT2D eigenvalue weighted by molar-refractivity contribution is -0.167. The van der Waals surface area contributed by atoms with E-state index in [0.29, 0.717) is 12.8 Å². The predicted molar refractivity (Wildman–Crippen MR) is 59.0 cm³/mol. The summed E-state index contributed by atoms with van der Waals surface area (Å²) in [6.45, 7) is 1.49. The summed E-state index contributed by atoms with van der Waals surface area (Å²) in [5.41, 5.74) is -1.07. The Kier molecular flexibility index (Phi) is 3.17. The Morgan fingerprint density at radius 3 is 1.88 bits per heavy atom. The number of rotatable bonds is 2. The molecule has 0 unspecified atom stereocenters. The molecule has 0 bridgehead atoms. The van der Waals surface area contributed by atoms with Crippen LogP contribution in [-0.4, -0.2) is 35.0 Å². The SMILES string of the molecule is O=C(O)C1(C(=O)N2CCCCCC2)CCC1. The third-order valence-electron chi connectivity index (χ3n) is 3.92. The molecule has 2 aliphatic rings. The van der Waals surface area contributed by atoms with Gasteiger partial charge in [-0.05, 0) is 25.7 Å². The maximum Gasteiger partial charge on any atom is 0.319 e. The summed E-state index contributed by atoms with van der Waals surface area (Å²) in [5, 5.41) is 9.21. The van der Waals surface area contributed by atoms with Crippen LogP contribution in [-0.2, 0) is 9.59 Å². The molecule has 1 saturated heterocycles. The van der Waals surface area contributed by atoms with Crippen LogP contribution in [0.5, 0.6) is 0 Å². The van der Waals surface area contributed by atoms with Crippen LogP contribution < -0.4 is 0 Å². The first-order valence-electron chi connectivity index (χ1n) is 6.20. The van der Waals surface area contributed by atoms with Gasteiger partial charge in [0.25, 0.3) is 0 Å². The Bertz CT molecular complexity index is 289. The van der Waals surface area contributed by atoms with E-state index in [1.807, 2.05) is 0 Å². The molecule has 1 aliphatic heterocycles. The molecular weight excluding hydrogens is 206 g/mol. The molecule has 1 amide bonds. The minimum absolute atomic E-state index is 0.131. The second-order valence-corrected chi connectivity index (χ2v) is 4.95. The molecule has 2 fully saturated rings. The van der Waals surface area contributed by atoms with Gasteiger partial charge in [-0.2, -0.15) is 0 Å². The predicted octanol–water partition coefficient (Wildman–Crippen LogP) is 1.64. The minimum atomic E-state index is -1.07. The van der Waals surface area contributed by atoms with Gasteiger partial charge in [0.05, 0.1) is 0 Å². The zero-order chi connectivity index (χ0) is 11.6. The van der Waals surface area contributed by atoms with Crippen LogP contribution in [0.3, 0.4) is 0 Å². The molecule has 0 aromatic carbocycles. The Morgan fingerprint density at radius 2 is 1.50 bits per heavy atom. The molecule has 0 atom stereocenters. The molecule has 0 aromatic heterocycles. The molecule has 1 aliphatic carbocycles. The standard InChI is InChI=1S/C12H19NO3/c14-10(12(11(15)16)6-5-7-12)13-8-3-1-2-4-9-13/h1-9H2,(H,15,16).